The summed E-state index contributed by atoms with van der Waals surface area (Å²) in [6.45, 7) is 2.18. The molecule has 1 unspecified atom stereocenters. The highest BCUT2D eigenvalue weighted by Crippen LogP contribution is 2.64. The van der Waals surface area contributed by atoms with Crippen molar-refractivity contribution in [3.8, 4) is 22.6 Å². The first kappa shape index (κ1) is 28.2. The molecule has 6 aromatic carbocycles. The quantitative estimate of drug-likeness (QED) is 0.198. The van der Waals surface area contributed by atoms with Gasteiger partial charge in [-0.1, -0.05) is 127 Å². The van der Waals surface area contributed by atoms with Gasteiger partial charge < -0.3 is 9.47 Å². The van der Waals surface area contributed by atoms with E-state index in [0.29, 0.717) is 0 Å². The average molecular weight is 611 g/mol. The maximum absolute atomic E-state index is 7.20. The van der Waals surface area contributed by atoms with Crippen LogP contribution in [-0.4, -0.2) is 7.11 Å². The van der Waals surface area contributed by atoms with Crippen molar-refractivity contribution >= 4 is 16.8 Å². The van der Waals surface area contributed by atoms with Gasteiger partial charge >= 0.3 is 0 Å². The molecule has 1 fully saturated rings. The normalized spacial score (nSPS) is 19.9. The number of hydrogen-bond donors (Lipinski definition) is 0. The molecule has 0 N–H and O–H groups in total. The van der Waals surface area contributed by atoms with Crippen molar-refractivity contribution in [3.05, 3.63) is 173 Å². The van der Waals surface area contributed by atoms with Crippen LogP contribution < -0.4 is 9.47 Å². The minimum Gasteiger partial charge on any atom is -0.497 e. The van der Waals surface area contributed by atoms with Crippen molar-refractivity contribution in [2.75, 3.05) is 7.11 Å². The summed E-state index contributed by atoms with van der Waals surface area (Å²) in [5.41, 5.74) is 10.2. The lowest BCUT2D eigenvalue weighted by Gasteiger charge is -2.47. The molecule has 1 aliphatic heterocycles. The molecule has 0 saturated heterocycles. The summed E-state index contributed by atoms with van der Waals surface area (Å²) < 4.78 is 12.7. The second-order valence-electron chi connectivity index (χ2n) is 13.8. The summed E-state index contributed by atoms with van der Waals surface area (Å²) in [5, 5.41) is 2.46. The molecule has 1 atom stereocenters. The molecule has 3 aliphatic rings. The fourth-order valence-corrected chi connectivity index (χ4v) is 9.17. The number of rotatable bonds is 4. The second kappa shape index (κ2) is 10.5. The number of methoxy groups -OCH3 is 1. The van der Waals surface area contributed by atoms with E-state index in [1.54, 1.807) is 7.11 Å². The van der Waals surface area contributed by atoms with Crippen LogP contribution in [0.2, 0.25) is 0 Å². The molecule has 230 valence electrons. The van der Waals surface area contributed by atoms with Gasteiger partial charge in [-0.3, -0.25) is 0 Å². The van der Waals surface area contributed by atoms with E-state index < -0.39 is 5.60 Å². The van der Waals surface area contributed by atoms with Crippen LogP contribution in [0.15, 0.2) is 140 Å². The van der Waals surface area contributed by atoms with Crippen molar-refractivity contribution in [2.45, 2.75) is 49.0 Å². The molecule has 9 rings (SSSR count). The molecule has 2 aliphatic carbocycles. The Morgan fingerprint density at radius 2 is 1.15 bits per heavy atom. The summed E-state index contributed by atoms with van der Waals surface area (Å²) >= 11 is 0. The van der Waals surface area contributed by atoms with E-state index in [0.717, 1.165) is 42.7 Å². The van der Waals surface area contributed by atoms with Gasteiger partial charge in [0.2, 0.25) is 0 Å². The average Bonchev–Trinajstić information content (AvgIpc) is 3.43. The topological polar surface area (TPSA) is 18.5 Å². The number of hydrogen-bond acceptors (Lipinski definition) is 2. The van der Waals surface area contributed by atoms with E-state index in [4.69, 9.17) is 9.47 Å². The van der Waals surface area contributed by atoms with Crippen molar-refractivity contribution < 1.29 is 9.47 Å². The first-order chi connectivity index (χ1) is 23.1. The number of fused-ring (bicyclic) bond motifs is 10. The molecule has 0 radical (unpaired) electrons. The smallest absolute Gasteiger partial charge is 0.150 e. The molecular weight excluding hydrogens is 572 g/mol. The Morgan fingerprint density at radius 1 is 0.574 bits per heavy atom. The predicted molar refractivity (Wildman–Crippen MR) is 192 cm³/mol. The van der Waals surface area contributed by atoms with Gasteiger partial charge in [0.05, 0.1) is 7.11 Å². The molecule has 0 aromatic heterocycles. The Hall–Kier alpha value is -5.08. The lowest BCUT2D eigenvalue weighted by molar-refractivity contribution is 0.140. The molecule has 0 amide bonds. The summed E-state index contributed by atoms with van der Waals surface area (Å²) in [5.74, 6) is 1.84. The van der Waals surface area contributed by atoms with Gasteiger partial charge in [0, 0.05) is 21.8 Å². The standard InChI is InChI=1S/C45H38O2/c1-43(31-21-23-34(46-2)24-22-31)26-25-38-41-40(35-17-9-10-18-36(35)42(38)47-43)37-19-11-12-20-39(37)45(41)29-27-44(28-30-45,32-13-5-3-6-14-32)33-15-7-4-8-16-33/h3-26H,27-30H2,1-2H3. The minimum atomic E-state index is -0.600. The Morgan fingerprint density at radius 3 is 1.81 bits per heavy atom. The third kappa shape index (κ3) is 4.04. The van der Waals surface area contributed by atoms with Crippen LogP contribution in [0.3, 0.4) is 0 Å². The molecule has 2 nitrogen and oxygen atoms in total. The third-order valence-corrected chi connectivity index (χ3v) is 11.6. The number of ether oxygens (including phenoxy) is 2. The van der Waals surface area contributed by atoms with Crippen LogP contribution in [0.1, 0.15) is 66.0 Å². The van der Waals surface area contributed by atoms with Gasteiger partial charge in [-0.25, -0.2) is 0 Å². The van der Waals surface area contributed by atoms with Gasteiger partial charge in [0.15, 0.2) is 0 Å². The summed E-state index contributed by atoms with van der Waals surface area (Å²) in [7, 11) is 1.71. The Bertz CT molecular complexity index is 2110. The third-order valence-electron chi connectivity index (χ3n) is 11.6. The lowest BCUT2D eigenvalue weighted by atomic mass is 9.56. The highest BCUT2D eigenvalue weighted by Gasteiger charge is 2.52. The van der Waals surface area contributed by atoms with Gasteiger partial charge in [0.25, 0.3) is 0 Å². The molecular formula is C45H38O2. The van der Waals surface area contributed by atoms with Gasteiger partial charge in [-0.15, -0.1) is 0 Å². The number of benzene rings is 6. The zero-order valence-electron chi connectivity index (χ0n) is 27.0. The van der Waals surface area contributed by atoms with Crippen molar-refractivity contribution in [1.82, 2.24) is 0 Å². The summed E-state index contributed by atoms with van der Waals surface area (Å²) in [4.78, 5) is 0. The van der Waals surface area contributed by atoms with Crippen LogP contribution >= 0.6 is 0 Å². The first-order valence-electron chi connectivity index (χ1n) is 16.9. The highest BCUT2D eigenvalue weighted by atomic mass is 16.5. The highest BCUT2D eigenvalue weighted by molar-refractivity contribution is 6.08. The van der Waals surface area contributed by atoms with Crippen LogP contribution in [0.4, 0.5) is 0 Å². The SMILES string of the molecule is COc1ccc(C2(C)C=Cc3c4c(c5ccccc5c3O2)-c2ccccc2C42CCC(c3ccccc3)(c3ccccc3)CC2)cc1. The van der Waals surface area contributed by atoms with Crippen molar-refractivity contribution in [3.63, 3.8) is 0 Å². The van der Waals surface area contributed by atoms with Crippen LogP contribution in [0.25, 0.3) is 28.0 Å². The fourth-order valence-electron chi connectivity index (χ4n) is 9.17. The minimum absolute atomic E-state index is 0.0261. The largest absolute Gasteiger partial charge is 0.497 e. The van der Waals surface area contributed by atoms with E-state index in [1.165, 1.54) is 49.7 Å². The summed E-state index contributed by atoms with van der Waals surface area (Å²) in [6.07, 6.45) is 8.92. The van der Waals surface area contributed by atoms with Gasteiger partial charge in [-0.05, 0) is 95.1 Å². The molecule has 1 spiro atoms. The van der Waals surface area contributed by atoms with Gasteiger partial charge in [-0.2, -0.15) is 0 Å². The van der Waals surface area contributed by atoms with E-state index in [1.807, 2.05) is 12.1 Å². The molecule has 1 saturated carbocycles. The molecule has 0 bridgehead atoms. The first-order valence-corrected chi connectivity index (χ1v) is 16.9. The maximum atomic E-state index is 7.20. The van der Waals surface area contributed by atoms with Gasteiger partial charge in [0.1, 0.15) is 17.1 Å². The molecule has 2 heteroatoms. The van der Waals surface area contributed by atoms with Crippen LogP contribution in [-0.2, 0) is 16.4 Å². The molecule has 6 aromatic rings. The lowest BCUT2D eigenvalue weighted by Crippen LogP contribution is -2.41. The zero-order valence-corrected chi connectivity index (χ0v) is 27.0. The van der Waals surface area contributed by atoms with Crippen LogP contribution in [0.5, 0.6) is 11.5 Å². The Balaban J connectivity index is 1.24. The van der Waals surface area contributed by atoms with E-state index >= 15 is 0 Å². The Labute approximate surface area is 277 Å². The van der Waals surface area contributed by atoms with E-state index in [2.05, 4.69) is 140 Å². The zero-order chi connectivity index (χ0) is 31.6. The fraction of sp³-hybridized carbons (Fsp3) is 0.200. The molecule has 47 heavy (non-hydrogen) atoms. The Kier molecular flexibility index (Phi) is 6.27. The molecule has 1 heterocycles. The van der Waals surface area contributed by atoms with Crippen LogP contribution in [0, 0.1) is 0 Å². The monoisotopic (exact) mass is 610 g/mol. The summed E-state index contributed by atoms with van der Waals surface area (Å²) in [6, 6.07) is 48.8. The van der Waals surface area contributed by atoms with E-state index in [9.17, 15) is 0 Å². The maximum Gasteiger partial charge on any atom is 0.150 e. The van der Waals surface area contributed by atoms with E-state index in [-0.39, 0.29) is 10.8 Å². The van der Waals surface area contributed by atoms with Crippen molar-refractivity contribution in [1.29, 1.82) is 0 Å². The van der Waals surface area contributed by atoms with Crippen molar-refractivity contribution in [2.24, 2.45) is 0 Å². The second-order valence-corrected chi connectivity index (χ2v) is 13.8. The predicted octanol–water partition coefficient (Wildman–Crippen LogP) is 11.0.